The number of rotatable bonds is 3. The fourth-order valence-electron chi connectivity index (χ4n) is 6.29. The second-order valence-corrected chi connectivity index (χ2v) is 17.5. The zero-order chi connectivity index (χ0) is 32.6. The normalized spacial score (nSPS) is 13.4. The van der Waals surface area contributed by atoms with E-state index in [1.165, 1.54) is 66.3 Å². The smallest absolute Gasteiger partial charge is 0.0494 e. The third-order valence-electron chi connectivity index (χ3n) is 9.32. The van der Waals surface area contributed by atoms with Crippen LogP contribution in [0.1, 0.15) is 125 Å². The van der Waals surface area contributed by atoms with E-state index in [9.17, 15) is 0 Å². The lowest BCUT2D eigenvalue weighted by Crippen LogP contribution is -2.16. The molecular weight excluding hydrogens is 530 g/mol. The van der Waals surface area contributed by atoms with E-state index >= 15 is 0 Å². The highest BCUT2D eigenvalue weighted by atomic mass is 15.0. The van der Waals surface area contributed by atoms with Crippen LogP contribution in [0.2, 0.25) is 0 Å². The summed E-state index contributed by atoms with van der Waals surface area (Å²) in [5.41, 5.74) is 13.7. The standard InChI is InChI=1S/C43H55N/c1-27(2)44-38-17-15-28(30-19-32(40(3,4)5)25-33(20-30)41(6,7)8)23-36(38)37-24-29(16-18-39(37)44)31-21-34(42(9,10)11)26-35(22-31)43(12,13)14/h15-27H,1-14H3. The number of hydrogen-bond donors (Lipinski definition) is 0. The van der Waals surface area contributed by atoms with Gasteiger partial charge in [-0.05, 0) is 104 Å². The van der Waals surface area contributed by atoms with E-state index in [-0.39, 0.29) is 21.7 Å². The maximum absolute atomic E-state index is 2.51. The first-order chi connectivity index (χ1) is 20.1. The van der Waals surface area contributed by atoms with Gasteiger partial charge >= 0.3 is 0 Å². The van der Waals surface area contributed by atoms with E-state index in [2.05, 4.69) is 174 Å². The molecule has 0 fully saturated rings. The number of fused-ring (bicyclic) bond motifs is 3. The van der Waals surface area contributed by atoms with Crippen LogP contribution in [0.5, 0.6) is 0 Å². The number of aromatic nitrogens is 1. The van der Waals surface area contributed by atoms with Crippen molar-refractivity contribution in [1.82, 2.24) is 4.57 Å². The second kappa shape index (κ2) is 10.6. The van der Waals surface area contributed by atoms with E-state index in [0.29, 0.717) is 6.04 Å². The Kier molecular flexibility index (Phi) is 7.76. The number of nitrogens with zero attached hydrogens (tertiary/aromatic N) is 1. The molecule has 4 aromatic carbocycles. The van der Waals surface area contributed by atoms with E-state index in [1.54, 1.807) is 0 Å². The lowest BCUT2D eigenvalue weighted by Gasteiger charge is -2.26. The third-order valence-corrected chi connectivity index (χ3v) is 9.32. The van der Waals surface area contributed by atoms with Gasteiger partial charge < -0.3 is 4.57 Å². The molecule has 0 atom stereocenters. The second-order valence-electron chi connectivity index (χ2n) is 17.5. The van der Waals surface area contributed by atoms with E-state index < -0.39 is 0 Å². The fourth-order valence-corrected chi connectivity index (χ4v) is 6.29. The Morgan fingerprint density at radius 3 is 0.932 bits per heavy atom. The maximum Gasteiger partial charge on any atom is 0.0494 e. The molecule has 0 amide bonds. The highest BCUT2D eigenvalue weighted by Gasteiger charge is 2.23. The molecule has 0 saturated carbocycles. The predicted octanol–water partition coefficient (Wildman–Crippen LogP) is 12.9. The van der Waals surface area contributed by atoms with Crippen LogP contribution >= 0.6 is 0 Å². The van der Waals surface area contributed by atoms with E-state index in [1.807, 2.05) is 0 Å². The van der Waals surface area contributed by atoms with Crippen LogP contribution in [0.15, 0.2) is 72.8 Å². The zero-order valence-corrected chi connectivity index (χ0v) is 30.0. The van der Waals surface area contributed by atoms with Gasteiger partial charge in [-0.25, -0.2) is 0 Å². The van der Waals surface area contributed by atoms with Crippen molar-refractivity contribution in [3.63, 3.8) is 0 Å². The Balaban J connectivity index is 1.78. The molecule has 1 heteroatoms. The van der Waals surface area contributed by atoms with Crippen LogP contribution in [0.4, 0.5) is 0 Å². The molecule has 0 radical (unpaired) electrons. The van der Waals surface area contributed by atoms with Crippen molar-refractivity contribution in [2.75, 3.05) is 0 Å². The summed E-state index contributed by atoms with van der Waals surface area (Å²) < 4.78 is 2.51. The van der Waals surface area contributed by atoms with Gasteiger partial charge in [0.2, 0.25) is 0 Å². The Labute approximate surface area is 267 Å². The van der Waals surface area contributed by atoms with Crippen LogP contribution in [-0.2, 0) is 21.7 Å². The minimum Gasteiger partial charge on any atom is -0.338 e. The highest BCUT2D eigenvalue weighted by molar-refractivity contribution is 6.10. The molecule has 0 spiro atoms. The molecule has 1 heterocycles. The van der Waals surface area contributed by atoms with Crippen molar-refractivity contribution in [3.05, 3.63) is 95.1 Å². The van der Waals surface area contributed by atoms with Crippen molar-refractivity contribution >= 4 is 21.8 Å². The van der Waals surface area contributed by atoms with Gasteiger partial charge in [0.1, 0.15) is 0 Å². The summed E-state index contributed by atoms with van der Waals surface area (Å²) >= 11 is 0. The van der Waals surface area contributed by atoms with Crippen LogP contribution in [0.25, 0.3) is 44.1 Å². The van der Waals surface area contributed by atoms with Crippen LogP contribution in [0.3, 0.4) is 0 Å². The van der Waals surface area contributed by atoms with Crippen LogP contribution in [0, 0.1) is 0 Å². The maximum atomic E-state index is 2.51. The van der Waals surface area contributed by atoms with Crippen LogP contribution in [-0.4, -0.2) is 4.57 Å². The molecule has 0 unspecified atom stereocenters. The number of hydrogen-bond acceptors (Lipinski definition) is 0. The molecule has 232 valence electrons. The van der Waals surface area contributed by atoms with Crippen LogP contribution < -0.4 is 0 Å². The molecule has 0 bridgehead atoms. The molecular formula is C43H55N. The molecule has 0 aliphatic carbocycles. The van der Waals surface area contributed by atoms with Crippen molar-refractivity contribution in [1.29, 1.82) is 0 Å². The minimum absolute atomic E-state index is 0.0795. The summed E-state index contributed by atoms with van der Waals surface area (Å²) in [7, 11) is 0. The quantitative estimate of drug-likeness (QED) is 0.198. The summed E-state index contributed by atoms with van der Waals surface area (Å²) in [6, 6.07) is 29.1. The van der Waals surface area contributed by atoms with Gasteiger partial charge in [-0.15, -0.1) is 0 Å². The van der Waals surface area contributed by atoms with Gasteiger partial charge in [-0.1, -0.05) is 132 Å². The zero-order valence-electron chi connectivity index (χ0n) is 30.0. The molecule has 5 aromatic rings. The molecule has 1 aromatic heterocycles. The first-order valence-electron chi connectivity index (χ1n) is 16.6. The van der Waals surface area contributed by atoms with Gasteiger partial charge in [0.05, 0.1) is 0 Å². The average molecular weight is 586 g/mol. The summed E-state index contributed by atoms with van der Waals surface area (Å²) in [5, 5.41) is 2.66. The Bertz CT molecular complexity index is 1650. The average Bonchev–Trinajstić information content (AvgIpc) is 3.24. The predicted molar refractivity (Wildman–Crippen MR) is 196 cm³/mol. The Morgan fingerprint density at radius 2 is 0.682 bits per heavy atom. The first kappa shape index (κ1) is 32.1. The molecule has 5 rings (SSSR count). The summed E-state index contributed by atoms with van der Waals surface area (Å²) in [6.45, 7) is 32.4. The van der Waals surface area contributed by atoms with Gasteiger partial charge in [0.25, 0.3) is 0 Å². The molecule has 1 nitrogen and oxygen atoms in total. The molecule has 44 heavy (non-hydrogen) atoms. The summed E-state index contributed by atoms with van der Waals surface area (Å²) in [5.74, 6) is 0. The van der Waals surface area contributed by atoms with E-state index in [0.717, 1.165) is 0 Å². The summed E-state index contributed by atoms with van der Waals surface area (Å²) in [6.07, 6.45) is 0. The van der Waals surface area contributed by atoms with Crippen molar-refractivity contribution in [2.45, 2.75) is 125 Å². The SMILES string of the molecule is CC(C)n1c2ccc(-c3cc(C(C)(C)C)cc(C(C)(C)C)c3)cc2c2cc(-c3cc(C(C)(C)C)cc(C(C)(C)C)c3)ccc21. The summed E-state index contributed by atoms with van der Waals surface area (Å²) in [4.78, 5) is 0. The van der Waals surface area contributed by atoms with Crippen molar-refractivity contribution < 1.29 is 0 Å². The van der Waals surface area contributed by atoms with E-state index in [4.69, 9.17) is 0 Å². The fraction of sp³-hybridized carbons (Fsp3) is 0.442. The lowest BCUT2D eigenvalue weighted by molar-refractivity contribution is 0.568. The molecule has 0 aliphatic rings. The van der Waals surface area contributed by atoms with Crippen molar-refractivity contribution in [2.24, 2.45) is 0 Å². The Morgan fingerprint density at radius 1 is 0.386 bits per heavy atom. The molecule has 0 saturated heterocycles. The highest BCUT2D eigenvalue weighted by Crippen LogP contribution is 2.40. The monoisotopic (exact) mass is 585 g/mol. The largest absolute Gasteiger partial charge is 0.338 e. The van der Waals surface area contributed by atoms with Gasteiger partial charge in [0, 0.05) is 27.8 Å². The number of benzene rings is 4. The first-order valence-corrected chi connectivity index (χ1v) is 16.6. The van der Waals surface area contributed by atoms with Gasteiger partial charge in [-0.3, -0.25) is 0 Å². The molecule has 0 N–H and O–H groups in total. The topological polar surface area (TPSA) is 4.93 Å². The van der Waals surface area contributed by atoms with Gasteiger partial charge in [-0.2, -0.15) is 0 Å². The Hall–Kier alpha value is -3.32. The minimum atomic E-state index is 0.0795. The van der Waals surface area contributed by atoms with Crippen molar-refractivity contribution in [3.8, 4) is 22.3 Å². The van der Waals surface area contributed by atoms with Gasteiger partial charge in [0.15, 0.2) is 0 Å². The molecule has 0 aliphatic heterocycles. The third kappa shape index (κ3) is 6.13. The lowest BCUT2D eigenvalue weighted by atomic mass is 9.78.